The van der Waals surface area contributed by atoms with E-state index in [1.54, 1.807) is 20.8 Å². The predicted octanol–water partition coefficient (Wildman–Crippen LogP) is 1.10. The molecule has 0 saturated carbocycles. The molecule has 1 aromatic rings. The normalized spacial score (nSPS) is 12.6. The Morgan fingerprint density at radius 1 is 1.24 bits per heavy atom. The van der Waals surface area contributed by atoms with E-state index in [0.717, 1.165) is 0 Å². The molecule has 1 rings (SSSR count). The fourth-order valence-corrected chi connectivity index (χ4v) is 3.51. The summed E-state index contributed by atoms with van der Waals surface area (Å²) in [5, 5.41) is 18.5. The van der Waals surface area contributed by atoms with Crippen LogP contribution in [0.1, 0.15) is 26.3 Å². The number of carbonyl (C=O) groups is 1. The summed E-state index contributed by atoms with van der Waals surface area (Å²) in [6, 6.07) is 5.75. The molecule has 0 heterocycles. The van der Waals surface area contributed by atoms with Crippen molar-refractivity contribution in [3.8, 4) is 0 Å². The second-order valence-electron chi connectivity index (χ2n) is 5.46. The summed E-state index contributed by atoms with van der Waals surface area (Å²) in [4.78, 5) is 10.7. The average molecular weight is 315 g/mol. The van der Waals surface area contributed by atoms with Crippen LogP contribution < -0.4 is 0 Å². The minimum atomic E-state index is -3.70. The number of hydrogen-bond acceptors (Lipinski definition) is 4. The highest BCUT2D eigenvalue weighted by Crippen LogP contribution is 2.19. The van der Waals surface area contributed by atoms with E-state index < -0.39 is 21.6 Å². The van der Waals surface area contributed by atoms with Gasteiger partial charge in [-0.3, -0.25) is 4.79 Å². The molecule has 0 atom stereocenters. The Balaban J connectivity index is 3.03. The maximum absolute atomic E-state index is 12.5. The van der Waals surface area contributed by atoms with Crippen molar-refractivity contribution in [3.05, 3.63) is 29.8 Å². The van der Waals surface area contributed by atoms with Crippen LogP contribution in [0.15, 0.2) is 29.2 Å². The van der Waals surface area contributed by atoms with Gasteiger partial charge in [-0.05, 0) is 31.5 Å². The zero-order chi connectivity index (χ0) is 16.3. The standard InChI is InChI=1S/C14H21NO5S/c1-4-15(10-14(2,3)18)21(19,20)12-7-5-11(6-8-12)9-13(16)17/h5-8,18H,4,9-10H2,1-3H3,(H,16,17). The highest BCUT2D eigenvalue weighted by Gasteiger charge is 2.28. The van der Waals surface area contributed by atoms with Crippen molar-refractivity contribution in [1.82, 2.24) is 4.31 Å². The Kier molecular flexibility index (Phi) is 5.49. The number of aliphatic hydroxyl groups is 1. The highest BCUT2D eigenvalue weighted by atomic mass is 32.2. The lowest BCUT2D eigenvalue weighted by molar-refractivity contribution is -0.136. The number of likely N-dealkylation sites (N-methyl/N-ethyl adjacent to an activating group) is 1. The minimum Gasteiger partial charge on any atom is -0.481 e. The molecular weight excluding hydrogens is 294 g/mol. The molecule has 118 valence electrons. The number of sulfonamides is 1. The van der Waals surface area contributed by atoms with Crippen LogP contribution in [-0.2, 0) is 21.2 Å². The molecule has 6 nitrogen and oxygen atoms in total. The predicted molar refractivity (Wildman–Crippen MR) is 78.5 cm³/mol. The smallest absolute Gasteiger partial charge is 0.307 e. The molecule has 0 aliphatic carbocycles. The van der Waals surface area contributed by atoms with E-state index in [1.807, 2.05) is 0 Å². The third kappa shape index (κ3) is 5.11. The van der Waals surface area contributed by atoms with E-state index in [2.05, 4.69) is 0 Å². The Hall–Kier alpha value is -1.44. The number of carboxylic acid groups (broad SMARTS) is 1. The van der Waals surface area contributed by atoms with Crippen molar-refractivity contribution < 1.29 is 23.4 Å². The largest absolute Gasteiger partial charge is 0.481 e. The van der Waals surface area contributed by atoms with Crippen LogP contribution in [0.25, 0.3) is 0 Å². The first-order chi connectivity index (χ1) is 9.56. The van der Waals surface area contributed by atoms with Gasteiger partial charge in [-0.15, -0.1) is 0 Å². The molecule has 0 unspecified atom stereocenters. The Bertz CT molecular complexity index is 587. The molecule has 21 heavy (non-hydrogen) atoms. The van der Waals surface area contributed by atoms with Crippen LogP contribution in [-0.4, -0.2) is 47.6 Å². The van der Waals surface area contributed by atoms with Crippen molar-refractivity contribution in [1.29, 1.82) is 0 Å². The zero-order valence-electron chi connectivity index (χ0n) is 12.4. The number of aliphatic carboxylic acids is 1. The quantitative estimate of drug-likeness (QED) is 0.785. The third-order valence-electron chi connectivity index (χ3n) is 2.83. The summed E-state index contributed by atoms with van der Waals surface area (Å²) in [6.45, 7) is 5.01. The van der Waals surface area contributed by atoms with Gasteiger partial charge in [-0.2, -0.15) is 4.31 Å². The van der Waals surface area contributed by atoms with Gasteiger partial charge in [0.1, 0.15) is 0 Å². The van der Waals surface area contributed by atoms with Crippen LogP contribution in [0.3, 0.4) is 0 Å². The fourth-order valence-electron chi connectivity index (χ4n) is 1.90. The summed E-state index contributed by atoms with van der Waals surface area (Å²) >= 11 is 0. The van der Waals surface area contributed by atoms with Crippen molar-refractivity contribution in [2.24, 2.45) is 0 Å². The van der Waals surface area contributed by atoms with Gasteiger partial charge >= 0.3 is 5.97 Å². The number of hydrogen-bond donors (Lipinski definition) is 2. The summed E-state index contributed by atoms with van der Waals surface area (Å²) in [6.07, 6.45) is -0.151. The molecule has 0 aliphatic heterocycles. The lowest BCUT2D eigenvalue weighted by atomic mass is 10.1. The van der Waals surface area contributed by atoms with Crippen LogP contribution >= 0.6 is 0 Å². The van der Waals surface area contributed by atoms with E-state index in [0.29, 0.717) is 5.56 Å². The molecule has 0 bridgehead atoms. The number of carboxylic acids is 1. The highest BCUT2D eigenvalue weighted by molar-refractivity contribution is 7.89. The molecule has 0 spiro atoms. The molecule has 0 saturated heterocycles. The first-order valence-corrected chi connectivity index (χ1v) is 8.03. The van der Waals surface area contributed by atoms with Gasteiger partial charge in [0.15, 0.2) is 0 Å². The maximum atomic E-state index is 12.5. The van der Waals surface area contributed by atoms with Gasteiger partial charge in [0.2, 0.25) is 10.0 Å². The Morgan fingerprint density at radius 2 is 1.76 bits per heavy atom. The molecule has 0 radical (unpaired) electrons. The summed E-state index contributed by atoms with van der Waals surface area (Å²) in [7, 11) is -3.70. The summed E-state index contributed by atoms with van der Waals surface area (Å²) in [5.41, 5.74) is -0.598. The van der Waals surface area contributed by atoms with Crippen molar-refractivity contribution in [3.63, 3.8) is 0 Å². The van der Waals surface area contributed by atoms with Gasteiger partial charge in [-0.1, -0.05) is 19.1 Å². The maximum Gasteiger partial charge on any atom is 0.307 e. The third-order valence-corrected chi connectivity index (χ3v) is 4.77. The van der Waals surface area contributed by atoms with Gasteiger partial charge in [0, 0.05) is 13.1 Å². The van der Waals surface area contributed by atoms with Gasteiger partial charge in [0.05, 0.1) is 16.9 Å². The van der Waals surface area contributed by atoms with Gasteiger partial charge in [0.25, 0.3) is 0 Å². The Morgan fingerprint density at radius 3 is 2.14 bits per heavy atom. The summed E-state index contributed by atoms with van der Waals surface area (Å²) in [5.74, 6) is -0.970. The summed E-state index contributed by atoms with van der Waals surface area (Å²) < 4.78 is 26.1. The molecule has 1 aromatic carbocycles. The number of rotatable bonds is 7. The van der Waals surface area contributed by atoms with E-state index in [9.17, 15) is 18.3 Å². The lowest BCUT2D eigenvalue weighted by Crippen LogP contribution is -2.42. The van der Waals surface area contributed by atoms with Crippen LogP contribution in [0.4, 0.5) is 0 Å². The van der Waals surface area contributed by atoms with Crippen LogP contribution in [0.2, 0.25) is 0 Å². The molecule has 0 fully saturated rings. The second kappa shape index (κ2) is 6.55. The molecule has 0 amide bonds. The zero-order valence-corrected chi connectivity index (χ0v) is 13.2. The molecule has 2 N–H and O–H groups in total. The van der Waals surface area contributed by atoms with Crippen LogP contribution in [0, 0.1) is 0 Å². The first kappa shape index (κ1) is 17.6. The van der Waals surface area contributed by atoms with Crippen molar-refractivity contribution in [2.45, 2.75) is 37.7 Å². The molecular formula is C14H21NO5S. The molecule has 0 aliphatic rings. The average Bonchev–Trinajstić information content (AvgIpc) is 2.34. The second-order valence-corrected chi connectivity index (χ2v) is 7.40. The topological polar surface area (TPSA) is 94.9 Å². The van der Waals surface area contributed by atoms with E-state index >= 15 is 0 Å². The van der Waals surface area contributed by atoms with E-state index in [-0.39, 0.29) is 24.4 Å². The van der Waals surface area contributed by atoms with Gasteiger partial charge in [-0.25, -0.2) is 8.42 Å². The van der Waals surface area contributed by atoms with Crippen molar-refractivity contribution in [2.75, 3.05) is 13.1 Å². The SMILES string of the molecule is CCN(CC(C)(C)O)S(=O)(=O)c1ccc(CC(=O)O)cc1. The van der Waals surface area contributed by atoms with Crippen molar-refractivity contribution >= 4 is 16.0 Å². The fraction of sp³-hybridized carbons (Fsp3) is 0.500. The number of nitrogens with zero attached hydrogens (tertiary/aromatic N) is 1. The van der Waals surface area contributed by atoms with E-state index in [1.165, 1.54) is 28.6 Å². The lowest BCUT2D eigenvalue weighted by Gasteiger charge is -2.27. The molecule has 7 heteroatoms. The monoisotopic (exact) mass is 315 g/mol. The molecule has 0 aromatic heterocycles. The minimum absolute atomic E-state index is 0.0112. The first-order valence-electron chi connectivity index (χ1n) is 6.59. The van der Waals surface area contributed by atoms with Gasteiger partial charge < -0.3 is 10.2 Å². The van der Waals surface area contributed by atoms with E-state index in [4.69, 9.17) is 5.11 Å². The number of benzene rings is 1. The van der Waals surface area contributed by atoms with Crippen LogP contribution in [0.5, 0.6) is 0 Å². The Labute approximate surface area is 125 Å².